The van der Waals surface area contributed by atoms with Crippen LogP contribution in [0.3, 0.4) is 0 Å². The average molecular weight is 433 g/mol. The molecule has 162 valence electrons. The van der Waals surface area contributed by atoms with Crippen molar-refractivity contribution >= 4 is 21.6 Å². The van der Waals surface area contributed by atoms with Gasteiger partial charge >= 0.3 is 0 Å². The van der Waals surface area contributed by atoms with Gasteiger partial charge in [0, 0.05) is 13.1 Å². The number of ether oxygens (including phenoxy) is 2. The van der Waals surface area contributed by atoms with Crippen molar-refractivity contribution in [3.8, 4) is 11.5 Å². The molecule has 2 aromatic rings. The zero-order chi connectivity index (χ0) is 21.7. The fraction of sp³-hybridized carbons (Fsp3) is 0.409. The van der Waals surface area contributed by atoms with Crippen molar-refractivity contribution in [3.05, 3.63) is 48.0 Å². The minimum Gasteiger partial charge on any atom is -0.495 e. The first-order valence-corrected chi connectivity index (χ1v) is 11.5. The first kappa shape index (κ1) is 22.1. The van der Waals surface area contributed by atoms with Crippen LogP contribution in [0.5, 0.6) is 11.5 Å². The zero-order valence-electron chi connectivity index (χ0n) is 17.6. The Morgan fingerprint density at radius 1 is 1.10 bits per heavy atom. The highest BCUT2D eigenvalue weighted by molar-refractivity contribution is 7.89. The van der Waals surface area contributed by atoms with Crippen LogP contribution >= 0.6 is 0 Å². The molecule has 0 atom stereocenters. The van der Waals surface area contributed by atoms with Crippen molar-refractivity contribution in [2.45, 2.75) is 37.5 Å². The quantitative estimate of drug-likeness (QED) is 0.689. The normalized spacial score (nSPS) is 14.7. The first-order valence-electron chi connectivity index (χ1n) is 10.0. The lowest BCUT2D eigenvalue weighted by Gasteiger charge is -2.17. The first-order chi connectivity index (χ1) is 14.3. The molecule has 8 heteroatoms. The molecule has 30 heavy (non-hydrogen) atoms. The fourth-order valence-corrected chi connectivity index (χ4v) is 4.85. The molecular weight excluding hydrogens is 404 g/mol. The van der Waals surface area contributed by atoms with E-state index < -0.39 is 15.9 Å². The predicted molar refractivity (Wildman–Crippen MR) is 116 cm³/mol. The van der Waals surface area contributed by atoms with E-state index in [-0.39, 0.29) is 11.5 Å². The van der Waals surface area contributed by atoms with Gasteiger partial charge in [-0.15, -0.1) is 0 Å². The highest BCUT2D eigenvalue weighted by Gasteiger charge is 2.28. The summed E-state index contributed by atoms with van der Waals surface area (Å²) in [5.74, 6) is 0.979. The van der Waals surface area contributed by atoms with E-state index in [0.717, 1.165) is 12.8 Å². The lowest BCUT2D eigenvalue weighted by molar-refractivity contribution is -0.118. The second-order valence-electron chi connectivity index (χ2n) is 7.53. The Balaban J connectivity index is 1.69. The summed E-state index contributed by atoms with van der Waals surface area (Å²) in [6, 6.07) is 12.1. The van der Waals surface area contributed by atoms with E-state index in [0.29, 0.717) is 36.2 Å². The predicted octanol–water partition coefficient (Wildman–Crippen LogP) is 3.62. The minimum atomic E-state index is -3.59. The highest BCUT2D eigenvalue weighted by Crippen LogP contribution is 2.30. The average Bonchev–Trinajstić information content (AvgIpc) is 3.28. The van der Waals surface area contributed by atoms with Gasteiger partial charge < -0.3 is 14.8 Å². The van der Waals surface area contributed by atoms with E-state index in [1.807, 2.05) is 24.3 Å². The van der Waals surface area contributed by atoms with Gasteiger partial charge in [0.25, 0.3) is 5.91 Å². The smallest absolute Gasteiger partial charge is 0.262 e. The molecule has 1 heterocycles. The van der Waals surface area contributed by atoms with Crippen LogP contribution < -0.4 is 14.8 Å². The number of benzene rings is 2. The van der Waals surface area contributed by atoms with E-state index in [4.69, 9.17) is 9.47 Å². The zero-order valence-corrected chi connectivity index (χ0v) is 18.4. The van der Waals surface area contributed by atoms with Crippen molar-refractivity contribution in [3.63, 3.8) is 0 Å². The van der Waals surface area contributed by atoms with Crippen LogP contribution in [-0.2, 0) is 14.8 Å². The third kappa shape index (κ3) is 5.12. The Bertz CT molecular complexity index is 981. The van der Waals surface area contributed by atoms with Crippen molar-refractivity contribution in [1.29, 1.82) is 0 Å². The van der Waals surface area contributed by atoms with Crippen LogP contribution in [-0.4, -0.2) is 45.4 Å². The molecule has 1 amide bonds. The summed E-state index contributed by atoms with van der Waals surface area (Å²) in [5, 5.41) is 2.69. The molecule has 1 saturated heterocycles. The molecule has 2 aromatic carbocycles. The summed E-state index contributed by atoms with van der Waals surface area (Å²) in [4.78, 5) is 12.5. The van der Waals surface area contributed by atoms with E-state index in [9.17, 15) is 13.2 Å². The minimum absolute atomic E-state index is 0.130. The second kappa shape index (κ2) is 9.49. The molecule has 0 saturated carbocycles. The summed E-state index contributed by atoms with van der Waals surface area (Å²) >= 11 is 0. The standard InChI is InChI=1S/C22H28N2O5S/c1-16(2)17-6-8-18(9-7-17)29-15-22(25)23-20-14-19(10-11-21(20)28-3)30(26,27)24-12-4-5-13-24/h6-11,14,16H,4-5,12-13,15H2,1-3H3,(H,23,25). The van der Waals surface area contributed by atoms with E-state index in [2.05, 4.69) is 19.2 Å². The van der Waals surface area contributed by atoms with Gasteiger partial charge in [-0.1, -0.05) is 26.0 Å². The number of nitrogens with zero attached hydrogens (tertiary/aromatic N) is 1. The van der Waals surface area contributed by atoms with E-state index in [1.165, 1.54) is 29.1 Å². The van der Waals surface area contributed by atoms with Gasteiger partial charge in [0.15, 0.2) is 6.61 Å². The van der Waals surface area contributed by atoms with Crippen molar-refractivity contribution in [1.82, 2.24) is 4.31 Å². The highest BCUT2D eigenvalue weighted by atomic mass is 32.2. The van der Waals surface area contributed by atoms with Gasteiger partial charge in [-0.3, -0.25) is 4.79 Å². The molecule has 0 spiro atoms. The Morgan fingerprint density at radius 3 is 2.37 bits per heavy atom. The monoisotopic (exact) mass is 432 g/mol. The number of carbonyl (C=O) groups is 1. The van der Waals surface area contributed by atoms with Crippen molar-refractivity contribution in [2.75, 3.05) is 32.1 Å². The molecule has 1 fully saturated rings. The van der Waals surface area contributed by atoms with Gasteiger partial charge in [0.2, 0.25) is 10.0 Å². The Morgan fingerprint density at radius 2 is 1.77 bits per heavy atom. The van der Waals surface area contributed by atoms with Gasteiger partial charge in [0.1, 0.15) is 11.5 Å². The maximum absolute atomic E-state index is 12.8. The van der Waals surface area contributed by atoms with Crippen molar-refractivity contribution in [2.24, 2.45) is 0 Å². The molecule has 7 nitrogen and oxygen atoms in total. The molecule has 1 aliphatic rings. The van der Waals surface area contributed by atoms with Crippen LogP contribution in [0.25, 0.3) is 0 Å². The number of methoxy groups -OCH3 is 1. The number of rotatable bonds is 8. The fourth-order valence-electron chi connectivity index (χ4n) is 3.31. The van der Waals surface area contributed by atoms with Gasteiger partial charge in [0.05, 0.1) is 17.7 Å². The molecule has 1 aliphatic heterocycles. The molecule has 0 radical (unpaired) electrons. The summed E-state index contributed by atoms with van der Waals surface area (Å²) in [5.41, 5.74) is 1.48. The van der Waals surface area contributed by atoms with Crippen LogP contribution in [0.1, 0.15) is 38.2 Å². The number of amides is 1. The van der Waals surface area contributed by atoms with E-state index in [1.54, 1.807) is 6.07 Å². The number of nitrogens with one attached hydrogen (secondary N) is 1. The van der Waals surface area contributed by atoms with Gasteiger partial charge in [-0.25, -0.2) is 8.42 Å². The summed E-state index contributed by atoms with van der Waals surface area (Å²) in [6.07, 6.45) is 1.71. The number of carbonyl (C=O) groups excluding carboxylic acids is 1. The Hall–Kier alpha value is -2.58. The summed E-state index contributed by atoms with van der Waals surface area (Å²) < 4.78 is 37.9. The number of anilines is 1. The summed E-state index contributed by atoms with van der Waals surface area (Å²) in [6.45, 7) is 5.04. The van der Waals surface area contributed by atoms with Gasteiger partial charge in [-0.05, 0) is 54.7 Å². The third-order valence-electron chi connectivity index (χ3n) is 5.06. The topological polar surface area (TPSA) is 84.9 Å². The number of hydrogen-bond acceptors (Lipinski definition) is 5. The number of hydrogen-bond donors (Lipinski definition) is 1. The van der Waals surface area contributed by atoms with Crippen LogP contribution in [0, 0.1) is 0 Å². The molecule has 0 aromatic heterocycles. The lowest BCUT2D eigenvalue weighted by atomic mass is 10.0. The molecule has 0 aliphatic carbocycles. The number of sulfonamides is 1. The molecule has 3 rings (SSSR count). The van der Waals surface area contributed by atoms with Crippen LogP contribution in [0.2, 0.25) is 0 Å². The maximum atomic E-state index is 12.8. The maximum Gasteiger partial charge on any atom is 0.262 e. The Labute approximate surface area is 178 Å². The second-order valence-corrected chi connectivity index (χ2v) is 9.47. The molecule has 0 bridgehead atoms. The third-order valence-corrected chi connectivity index (χ3v) is 6.96. The van der Waals surface area contributed by atoms with Gasteiger partial charge in [-0.2, -0.15) is 4.31 Å². The molecule has 0 unspecified atom stereocenters. The molecular formula is C22H28N2O5S. The van der Waals surface area contributed by atoms with Crippen LogP contribution in [0.15, 0.2) is 47.4 Å². The Kier molecular flexibility index (Phi) is 6.99. The SMILES string of the molecule is COc1ccc(S(=O)(=O)N2CCCC2)cc1NC(=O)COc1ccc(C(C)C)cc1. The van der Waals surface area contributed by atoms with E-state index >= 15 is 0 Å². The largest absolute Gasteiger partial charge is 0.495 e. The molecule has 1 N–H and O–H groups in total. The lowest BCUT2D eigenvalue weighted by Crippen LogP contribution is -2.28. The van der Waals surface area contributed by atoms with Crippen LogP contribution in [0.4, 0.5) is 5.69 Å². The van der Waals surface area contributed by atoms with Crippen molar-refractivity contribution < 1.29 is 22.7 Å². The summed E-state index contributed by atoms with van der Waals surface area (Å²) in [7, 11) is -2.13.